The molecule has 2 aliphatic rings. The maximum Gasteiger partial charge on any atom is 0.305 e. The number of rotatable bonds is 47. The van der Waals surface area contributed by atoms with Crippen molar-refractivity contribution in [1.82, 2.24) is 9.80 Å². The number of imide groups is 1. The van der Waals surface area contributed by atoms with Gasteiger partial charge in [0.05, 0.1) is 13.2 Å². The Balaban J connectivity index is 1.64. The highest BCUT2D eigenvalue weighted by molar-refractivity contribution is 6.12. The van der Waals surface area contributed by atoms with Crippen molar-refractivity contribution >= 4 is 29.7 Å². The second-order valence-corrected chi connectivity index (χ2v) is 19.7. The first kappa shape index (κ1) is 59.1. The quantitative estimate of drug-likeness (QED) is 0.0363. The third-order valence-electron chi connectivity index (χ3n) is 13.9. The van der Waals surface area contributed by atoms with Crippen molar-refractivity contribution in [1.29, 1.82) is 0 Å². The van der Waals surface area contributed by atoms with E-state index >= 15 is 0 Å². The van der Waals surface area contributed by atoms with Crippen molar-refractivity contribution in [2.45, 2.75) is 264 Å². The number of nitrogens with zero attached hydrogens (tertiary/aromatic N) is 2. The summed E-state index contributed by atoms with van der Waals surface area (Å²) in [6, 6.07) is 0. The summed E-state index contributed by atoms with van der Waals surface area (Å²) >= 11 is 0. The zero-order chi connectivity index (χ0) is 47.7. The lowest BCUT2D eigenvalue weighted by atomic mass is 9.78. The highest BCUT2D eigenvalue weighted by Crippen LogP contribution is 2.34. The monoisotopic (exact) mass is 927 g/mol. The van der Waals surface area contributed by atoms with E-state index in [-0.39, 0.29) is 29.7 Å². The molecule has 0 fully saturated rings. The second kappa shape index (κ2) is 41.0. The lowest BCUT2D eigenvalue weighted by Gasteiger charge is -2.28. The maximum absolute atomic E-state index is 12.2. The Morgan fingerprint density at radius 1 is 0.455 bits per heavy atom. The molecule has 0 aromatic rings. The lowest BCUT2D eigenvalue weighted by Crippen LogP contribution is -2.34. The molecule has 10 heteroatoms. The molecule has 2 aliphatic heterocycles. The van der Waals surface area contributed by atoms with Crippen LogP contribution in [0.5, 0.6) is 0 Å². The van der Waals surface area contributed by atoms with Crippen LogP contribution in [0.2, 0.25) is 0 Å². The highest BCUT2D eigenvalue weighted by Gasteiger charge is 2.24. The molecule has 3 atom stereocenters. The van der Waals surface area contributed by atoms with Crippen LogP contribution in [0.3, 0.4) is 0 Å². The number of carbonyl (C=O) groups is 5. The van der Waals surface area contributed by atoms with Crippen molar-refractivity contribution in [3.63, 3.8) is 0 Å². The van der Waals surface area contributed by atoms with E-state index in [4.69, 9.17) is 9.47 Å². The Hall–Kier alpha value is -3.01. The van der Waals surface area contributed by atoms with Crippen LogP contribution in [0.15, 0.2) is 24.3 Å². The first-order valence-electron chi connectivity index (χ1n) is 27.8. The normalized spacial score (nSPS) is 15.7. The molecule has 0 saturated carbocycles. The average Bonchev–Trinajstić information content (AvgIpc) is 3.81. The van der Waals surface area contributed by atoms with Crippen LogP contribution in [-0.2, 0) is 33.4 Å². The Bertz CT molecular complexity index is 1310. The molecule has 0 spiro atoms. The molecule has 1 N–H and O–H groups in total. The SMILES string of the molecule is CCCCCCCCCC(CCCCCCCCOC(=O)CCCCCN1C(=O)C=CC1=O)C(CCCCCCCC)CCCCCCCCCOC(=O)CCCCCN1C(=O)C=CC1O. The molecule has 0 saturated heterocycles. The Morgan fingerprint density at radius 3 is 1.18 bits per heavy atom. The summed E-state index contributed by atoms with van der Waals surface area (Å²) in [5.74, 6) is 0.801. The van der Waals surface area contributed by atoms with Gasteiger partial charge >= 0.3 is 11.9 Å². The molecule has 3 unspecified atom stereocenters. The third kappa shape index (κ3) is 30.4. The van der Waals surface area contributed by atoms with Gasteiger partial charge in [0, 0.05) is 44.2 Å². The molecule has 10 nitrogen and oxygen atoms in total. The molecule has 2 rings (SSSR count). The average molecular weight is 927 g/mol. The summed E-state index contributed by atoms with van der Waals surface area (Å²) in [5, 5.41) is 9.79. The standard InChI is InChI=1S/C56H98N2O8/c1-3-5-7-9-12-18-26-36-50(38-28-20-14-16-22-34-48-66-56(64)40-30-24-32-46-58-53(61)43-44-54(58)62)49(35-25-17-10-8-6-4-2)37-27-19-13-11-15-21-33-47-65-55(63)39-29-23-31-45-57-51(59)41-42-52(57)60/h41-44,49-51,59H,3-40,45-48H2,1-2H3. The number of aliphatic hydroxyl groups is 1. The minimum Gasteiger partial charge on any atom is -0.466 e. The minimum absolute atomic E-state index is 0.128. The predicted molar refractivity (Wildman–Crippen MR) is 268 cm³/mol. The Kier molecular flexibility index (Phi) is 36.7. The predicted octanol–water partition coefficient (Wildman–Crippen LogP) is 13.8. The third-order valence-corrected chi connectivity index (χ3v) is 13.9. The van der Waals surface area contributed by atoms with E-state index < -0.39 is 6.23 Å². The summed E-state index contributed by atoms with van der Waals surface area (Å²) < 4.78 is 11.0. The number of ether oxygens (including phenoxy) is 2. The van der Waals surface area contributed by atoms with Crippen molar-refractivity contribution in [2.24, 2.45) is 11.8 Å². The molecule has 66 heavy (non-hydrogen) atoms. The largest absolute Gasteiger partial charge is 0.466 e. The molecule has 0 bridgehead atoms. The molecule has 0 aliphatic carbocycles. The van der Waals surface area contributed by atoms with Gasteiger partial charge in [-0.25, -0.2) is 0 Å². The number of esters is 2. The van der Waals surface area contributed by atoms with Crippen LogP contribution >= 0.6 is 0 Å². The van der Waals surface area contributed by atoms with Crippen LogP contribution in [-0.4, -0.2) is 77.1 Å². The Labute approximate surface area is 403 Å². The van der Waals surface area contributed by atoms with Crippen molar-refractivity contribution in [3.05, 3.63) is 24.3 Å². The molecule has 0 aromatic heterocycles. The van der Waals surface area contributed by atoms with Crippen LogP contribution in [0.4, 0.5) is 0 Å². The van der Waals surface area contributed by atoms with E-state index in [9.17, 15) is 29.1 Å². The fourth-order valence-corrected chi connectivity index (χ4v) is 9.74. The number of hydrogen-bond acceptors (Lipinski definition) is 8. The molecule has 3 amide bonds. The van der Waals surface area contributed by atoms with Crippen LogP contribution in [0.25, 0.3) is 0 Å². The van der Waals surface area contributed by atoms with Gasteiger partial charge in [-0.05, 0) is 56.4 Å². The molecular formula is C56H98N2O8. The molecule has 380 valence electrons. The van der Waals surface area contributed by atoms with Crippen LogP contribution < -0.4 is 0 Å². The summed E-state index contributed by atoms with van der Waals surface area (Å²) in [5.41, 5.74) is 0. The topological polar surface area (TPSA) is 131 Å². The maximum atomic E-state index is 12.2. The van der Waals surface area contributed by atoms with Gasteiger partial charge in [0.2, 0.25) is 5.91 Å². The van der Waals surface area contributed by atoms with Gasteiger partial charge in [-0.15, -0.1) is 0 Å². The summed E-state index contributed by atoms with van der Waals surface area (Å²) in [6.07, 6.45) is 49.1. The van der Waals surface area contributed by atoms with Gasteiger partial charge in [-0.1, -0.05) is 206 Å². The summed E-state index contributed by atoms with van der Waals surface area (Å²) in [4.78, 5) is 62.1. The molecular weight excluding hydrogens is 829 g/mol. The van der Waals surface area contributed by atoms with E-state index in [1.165, 1.54) is 201 Å². The smallest absolute Gasteiger partial charge is 0.305 e. The molecule has 0 radical (unpaired) electrons. The van der Waals surface area contributed by atoms with Gasteiger partial charge in [0.25, 0.3) is 11.8 Å². The van der Waals surface area contributed by atoms with Gasteiger partial charge in [-0.2, -0.15) is 0 Å². The van der Waals surface area contributed by atoms with Crippen molar-refractivity contribution in [3.8, 4) is 0 Å². The number of aliphatic hydroxyl groups excluding tert-OH is 1. The van der Waals surface area contributed by atoms with Crippen molar-refractivity contribution in [2.75, 3.05) is 26.3 Å². The minimum atomic E-state index is -0.814. The van der Waals surface area contributed by atoms with Gasteiger partial charge < -0.3 is 19.5 Å². The molecule has 0 aromatic carbocycles. The van der Waals surface area contributed by atoms with E-state index in [1.54, 1.807) is 0 Å². The number of amides is 3. The highest BCUT2D eigenvalue weighted by atomic mass is 16.5. The van der Waals surface area contributed by atoms with Gasteiger partial charge in [-0.3, -0.25) is 28.9 Å². The fourth-order valence-electron chi connectivity index (χ4n) is 9.74. The van der Waals surface area contributed by atoms with E-state index in [1.807, 2.05) is 0 Å². The zero-order valence-electron chi connectivity index (χ0n) is 42.4. The number of hydrogen-bond donors (Lipinski definition) is 1. The summed E-state index contributed by atoms with van der Waals surface area (Å²) in [7, 11) is 0. The number of unbranched alkanes of at least 4 members (excludes halogenated alkanes) is 26. The first-order valence-corrected chi connectivity index (χ1v) is 27.8. The Morgan fingerprint density at radius 2 is 0.803 bits per heavy atom. The molecule has 2 heterocycles. The lowest BCUT2D eigenvalue weighted by molar-refractivity contribution is -0.144. The fraction of sp³-hybridized carbons (Fsp3) is 0.839. The van der Waals surface area contributed by atoms with Crippen LogP contribution in [0, 0.1) is 11.8 Å². The first-order chi connectivity index (χ1) is 32.3. The van der Waals surface area contributed by atoms with E-state index in [0.29, 0.717) is 52.0 Å². The zero-order valence-corrected chi connectivity index (χ0v) is 42.4. The number of carbonyl (C=O) groups excluding carboxylic acids is 5. The van der Waals surface area contributed by atoms with E-state index in [2.05, 4.69) is 13.8 Å². The van der Waals surface area contributed by atoms with Gasteiger partial charge in [0.1, 0.15) is 6.23 Å². The summed E-state index contributed by atoms with van der Waals surface area (Å²) in [6.45, 7) is 6.53. The van der Waals surface area contributed by atoms with Crippen LogP contribution in [0.1, 0.15) is 258 Å². The van der Waals surface area contributed by atoms with Gasteiger partial charge in [0.15, 0.2) is 0 Å². The second-order valence-electron chi connectivity index (χ2n) is 19.7. The van der Waals surface area contributed by atoms with E-state index in [0.717, 1.165) is 63.2 Å². The van der Waals surface area contributed by atoms with Crippen molar-refractivity contribution < 1.29 is 38.6 Å².